The summed E-state index contributed by atoms with van der Waals surface area (Å²) in [6.07, 6.45) is 12.3. The number of amides is 2. The number of carbonyl (C=O) groups is 2. The highest BCUT2D eigenvalue weighted by atomic mass is 16.2. The fourth-order valence-corrected chi connectivity index (χ4v) is 4.01. The van der Waals surface area contributed by atoms with Crippen LogP contribution in [0.2, 0.25) is 0 Å². The second-order valence-electron chi connectivity index (χ2n) is 8.27. The van der Waals surface area contributed by atoms with Crippen molar-refractivity contribution in [3.63, 3.8) is 0 Å². The molecule has 4 aromatic rings. The van der Waals surface area contributed by atoms with Gasteiger partial charge in [-0.2, -0.15) is 0 Å². The number of fused-ring (bicyclic) bond motifs is 1. The molecule has 1 aliphatic heterocycles. The van der Waals surface area contributed by atoms with E-state index in [1.54, 1.807) is 36.8 Å². The van der Waals surface area contributed by atoms with E-state index < -0.39 is 5.91 Å². The zero-order valence-corrected chi connectivity index (χ0v) is 19.3. The number of aromatic amines is 1. The molecule has 2 amide bonds. The first-order valence-corrected chi connectivity index (χ1v) is 11.4. The summed E-state index contributed by atoms with van der Waals surface area (Å²) >= 11 is 0. The Hall–Kier alpha value is -4.98. The first kappa shape index (κ1) is 22.8. The minimum Gasteiger partial charge on any atom is -0.362 e. The van der Waals surface area contributed by atoms with Crippen molar-refractivity contribution in [1.29, 1.82) is 0 Å². The van der Waals surface area contributed by atoms with Crippen LogP contribution in [-0.2, 0) is 11.3 Å². The van der Waals surface area contributed by atoms with Gasteiger partial charge < -0.3 is 20.2 Å². The van der Waals surface area contributed by atoms with Crippen LogP contribution >= 0.6 is 0 Å². The number of rotatable bonds is 7. The lowest BCUT2D eigenvalue weighted by Crippen LogP contribution is -2.33. The monoisotopic (exact) mass is 477 g/mol. The van der Waals surface area contributed by atoms with Crippen LogP contribution in [0.25, 0.3) is 17.7 Å². The van der Waals surface area contributed by atoms with E-state index in [1.807, 2.05) is 54.7 Å². The molecule has 178 valence electrons. The number of H-pyrrole nitrogens is 1. The minimum atomic E-state index is -0.439. The Kier molecular flexibility index (Phi) is 6.40. The van der Waals surface area contributed by atoms with Crippen LogP contribution in [0.4, 0.5) is 5.69 Å². The number of nitrogens with zero attached hydrogens (tertiary/aromatic N) is 2. The van der Waals surface area contributed by atoms with E-state index in [4.69, 9.17) is 0 Å². The van der Waals surface area contributed by atoms with Gasteiger partial charge >= 0.3 is 0 Å². The summed E-state index contributed by atoms with van der Waals surface area (Å²) in [7, 11) is 0. The highest BCUT2D eigenvalue weighted by Crippen LogP contribution is 2.33. The summed E-state index contributed by atoms with van der Waals surface area (Å²) < 4.78 is 1.49. The third-order valence-corrected chi connectivity index (χ3v) is 5.78. The Bertz CT molecular complexity index is 1530. The number of nitrogens with one attached hydrogen (secondary N) is 3. The topological polar surface area (TPSA) is 109 Å². The van der Waals surface area contributed by atoms with Crippen molar-refractivity contribution < 1.29 is 9.59 Å². The van der Waals surface area contributed by atoms with Crippen LogP contribution in [0.15, 0.2) is 90.3 Å². The molecule has 5 rings (SSSR count). The molecule has 0 saturated heterocycles. The first-order chi connectivity index (χ1) is 17.6. The van der Waals surface area contributed by atoms with Crippen LogP contribution in [0.3, 0.4) is 0 Å². The van der Waals surface area contributed by atoms with Gasteiger partial charge in [0, 0.05) is 48.3 Å². The summed E-state index contributed by atoms with van der Waals surface area (Å²) in [4.78, 5) is 44.9. The second-order valence-corrected chi connectivity index (χ2v) is 8.27. The Morgan fingerprint density at radius 2 is 2.00 bits per heavy atom. The molecule has 0 radical (unpaired) electrons. The van der Waals surface area contributed by atoms with Crippen molar-refractivity contribution in [2.24, 2.45) is 0 Å². The molecule has 3 aromatic heterocycles. The number of pyridine rings is 2. The SMILES string of the molecule is O=C1Nc2cc(C=CCNC(=O)c3cccn(Cc4cccnc4)c3=O)ccc2C1=Cc1ccc[nH]1. The molecule has 0 unspecified atom stereocenters. The highest BCUT2D eigenvalue weighted by molar-refractivity contribution is 6.34. The summed E-state index contributed by atoms with van der Waals surface area (Å²) in [6, 6.07) is 16.3. The molecule has 0 spiro atoms. The van der Waals surface area contributed by atoms with E-state index in [-0.39, 0.29) is 23.6 Å². The average molecular weight is 478 g/mol. The maximum atomic E-state index is 12.8. The van der Waals surface area contributed by atoms with E-state index in [1.165, 1.54) is 10.6 Å². The van der Waals surface area contributed by atoms with E-state index in [0.29, 0.717) is 12.1 Å². The van der Waals surface area contributed by atoms with E-state index >= 15 is 0 Å². The van der Waals surface area contributed by atoms with E-state index in [2.05, 4.69) is 20.6 Å². The standard InChI is InChI=1S/C28H23N5O3/c34-26(23-8-4-14-33(28(23)36)18-20-6-1-11-29-17-20)31-13-2-5-19-9-10-22-24(16-21-7-3-12-30-21)27(35)32-25(22)15-19/h1-12,14-17,30H,13,18H2,(H,31,34)(H,32,35). The van der Waals surface area contributed by atoms with Crippen LogP contribution in [-0.4, -0.2) is 32.9 Å². The number of benzene rings is 1. The zero-order valence-electron chi connectivity index (χ0n) is 19.3. The van der Waals surface area contributed by atoms with Crippen LogP contribution < -0.4 is 16.2 Å². The Morgan fingerprint density at radius 1 is 1.08 bits per heavy atom. The minimum absolute atomic E-state index is 0.0800. The molecule has 0 saturated carbocycles. The summed E-state index contributed by atoms with van der Waals surface area (Å²) in [5.74, 6) is -0.587. The molecule has 8 heteroatoms. The van der Waals surface area contributed by atoms with Gasteiger partial charge in [-0.15, -0.1) is 0 Å². The Labute approximate surface area is 207 Å². The average Bonchev–Trinajstić information content (AvgIpc) is 3.51. The van der Waals surface area contributed by atoms with Crippen LogP contribution in [0, 0.1) is 0 Å². The fraction of sp³-hybridized carbons (Fsp3) is 0.0714. The predicted octanol–water partition coefficient (Wildman–Crippen LogP) is 3.56. The molecule has 8 nitrogen and oxygen atoms in total. The van der Waals surface area contributed by atoms with Crippen molar-refractivity contribution in [2.45, 2.75) is 6.54 Å². The molecule has 0 aliphatic carbocycles. The van der Waals surface area contributed by atoms with Gasteiger partial charge in [0.1, 0.15) is 5.56 Å². The molecule has 3 N–H and O–H groups in total. The molecule has 36 heavy (non-hydrogen) atoms. The van der Waals surface area contributed by atoms with Crippen molar-refractivity contribution >= 4 is 35.2 Å². The maximum absolute atomic E-state index is 12.8. The molecular weight excluding hydrogens is 454 g/mol. The van der Waals surface area contributed by atoms with Gasteiger partial charge in [0.05, 0.1) is 12.1 Å². The molecule has 0 fully saturated rings. The largest absolute Gasteiger partial charge is 0.362 e. The molecule has 0 atom stereocenters. The fourth-order valence-electron chi connectivity index (χ4n) is 4.01. The quantitative estimate of drug-likeness (QED) is 0.354. The first-order valence-electron chi connectivity index (χ1n) is 11.4. The van der Waals surface area contributed by atoms with Crippen LogP contribution in [0.5, 0.6) is 0 Å². The van der Waals surface area contributed by atoms with Crippen LogP contribution in [0.1, 0.15) is 32.7 Å². The van der Waals surface area contributed by atoms with Gasteiger partial charge in [-0.3, -0.25) is 19.4 Å². The molecular formula is C28H23N5O3. The third kappa shape index (κ3) is 4.92. The number of hydrogen-bond acceptors (Lipinski definition) is 4. The van der Waals surface area contributed by atoms with Crippen molar-refractivity contribution in [1.82, 2.24) is 19.9 Å². The van der Waals surface area contributed by atoms with E-state index in [9.17, 15) is 14.4 Å². The van der Waals surface area contributed by atoms with Crippen molar-refractivity contribution in [2.75, 3.05) is 11.9 Å². The third-order valence-electron chi connectivity index (χ3n) is 5.78. The molecule has 4 heterocycles. The van der Waals surface area contributed by atoms with Gasteiger partial charge in [-0.05, 0) is 53.6 Å². The molecule has 0 bridgehead atoms. The lowest BCUT2D eigenvalue weighted by atomic mass is 10.0. The number of hydrogen-bond donors (Lipinski definition) is 3. The maximum Gasteiger partial charge on any atom is 0.263 e. The van der Waals surface area contributed by atoms with Gasteiger partial charge in [0.25, 0.3) is 17.4 Å². The normalized spacial score (nSPS) is 13.7. The number of anilines is 1. The smallest absolute Gasteiger partial charge is 0.263 e. The lowest BCUT2D eigenvalue weighted by Gasteiger charge is -2.08. The van der Waals surface area contributed by atoms with Gasteiger partial charge in [-0.1, -0.05) is 30.4 Å². The van der Waals surface area contributed by atoms with Crippen molar-refractivity contribution in [3.8, 4) is 0 Å². The van der Waals surface area contributed by atoms with Gasteiger partial charge in [-0.25, -0.2) is 0 Å². The van der Waals surface area contributed by atoms with Gasteiger partial charge in [0.2, 0.25) is 0 Å². The van der Waals surface area contributed by atoms with E-state index in [0.717, 1.165) is 28.1 Å². The summed E-state index contributed by atoms with van der Waals surface area (Å²) in [5, 5.41) is 5.65. The Balaban J connectivity index is 1.22. The zero-order chi connectivity index (χ0) is 24.9. The molecule has 1 aromatic carbocycles. The summed E-state index contributed by atoms with van der Waals surface area (Å²) in [5.41, 5.74) is 4.51. The highest BCUT2D eigenvalue weighted by Gasteiger charge is 2.24. The summed E-state index contributed by atoms with van der Waals surface area (Å²) in [6.45, 7) is 0.585. The van der Waals surface area contributed by atoms with Crippen molar-refractivity contribution in [3.05, 3.63) is 124 Å². The molecule has 1 aliphatic rings. The second kappa shape index (κ2) is 10.1. The Morgan fingerprint density at radius 3 is 2.81 bits per heavy atom. The predicted molar refractivity (Wildman–Crippen MR) is 139 cm³/mol. The van der Waals surface area contributed by atoms with Gasteiger partial charge in [0.15, 0.2) is 0 Å². The number of carbonyl (C=O) groups excluding carboxylic acids is 2. The number of aromatic nitrogens is 3. The lowest BCUT2D eigenvalue weighted by molar-refractivity contribution is -0.110.